The highest BCUT2D eigenvalue weighted by molar-refractivity contribution is 5.85. The molecule has 124 valence electrons. The standard InChI is InChI=1S/C14H22N2O6/c1-10(17)22-16-8-6-11(18)15(7-5-12(16)19)9-13(20)21-14(2,3)4/h5-9H2,1-4H3. The fourth-order valence-electron chi connectivity index (χ4n) is 1.91. The van der Waals surface area contributed by atoms with E-state index < -0.39 is 23.4 Å². The predicted molar refractivity (Wildman–Crippen MR) is 75.1 cm³/mol. The van der Waals surface area contributed by atoms with E-state index in [1.54, 1.807) is 20.8 Å². The molecule has 8 nitrogen and oxygen atoms in total. The summed E-state index contributed by atoms with van der Waals surface area (Å²) in [5.74, 6) is -1.84. The van der Waals surface area contributed by atoms with Crippen molar-refractivity contribution < 1.29 is 28.8 Å². The number of amides is 2. The summed E-state index contributed by atoms with van der Waals surface area (Å²) in [6, 6.07) is 0. The van der Waals surface area contributed by atoms with Crippen molar-refractivity contribution in [3.05, 3.63) is 0 Å². The summed E-state index contributed by atoms with van der Waals surface area (Å²) in [7, 11) is 0. The van der Waals surface area contributed by atoms with Crippen LogP contribution in [-0.4, -0.2) is 59.0 Å². The molecule has 8 heteroatoms. The lowest BCUT2D eigenvalue weighted by Crippen LogP contribution is -2.45. The van der Waals surface area contributed by atoms with Crippen molar-refractivity contribution in [1.82, 2.24) is 9.96 Å². The van der Waals surface area contributed by atoms with Crippen LogP contribution < -0.4 is 0 Å². The molecular weight excluding hydrogens is 292 g/mol. The lowest BCUT2D eigenvalue weighted by molar-refractivity contribution is -0.198. The largest absolute Gasteiger partial charge is 0.459 e. The Morgan fingerprint density at radius 1 is 1.09 bits per heavy atom. The van der Waals surface area contributed by atoms with Crippen molar-refractivity contribution in [2.45, 2.75) is 46.1 Å². The van der Waals surface area contributed by atoms with E-state index in [-0.39, 0.29) is 38.4 Å². The summed E-state index contributed by atoms with van der Waals surface area (Å²) < 4.78 is 5.16. The molecule has 2 amide bonds. The van der Waals surface area contributed by atoms with Crippen molar-refractivity contribution >= 4 is 23.8 Å². The van der Waals surface area contributed by atoms with Crippen molar-refractivity contribution in [1.29, 1.82) is 0 Å². The molecule has 0 spiro atoms. The Bertz CT molecular complexity index is 468. The van der Waals surface area contributed by atoms with Gasteiger partial charge in [-0.25, -0.2) is 0 Å². The van der Waals surface area contributed by atoms with Crippen LogP contribution in [0.3, 0.4) is 0 Å². The van der Waals surface area contributed by atoms with Gasteiger partial charge in [0, 0.05) is 26.3 Å². The molecule has 0 aromatic rings. The molecule has 0 aromatic heterocycles. The van der Waals surface area contributed by atoms with E-state index in [0.717, 1.165) is 5.06 Å². The van der Waals surface area contributed by atoms with Gasteiger partial charge in [-0.05, 0) is 20.8 Å². The molecule has 0 saturated carbocycles. The van der Waals surface area contributed by atoms with Gasteiger partial charge < -0.3 is 14.5 Å². The Morgan fingerprint density at radius 2 is 1.68 bits per heavy atom. The Labute approximate surface area is 129 Å². The van der Waals surface area contributed by atoms with Crippen LogP contribution in [0.15, 0.2) is 0 Å². The van der Waals surface area contributed by atoms with Crippen LogP contribution in [-0.2, 0) is 28.8 Å². The van der Waals surface area contributed by atoms with Gasteiger partial charge in [0.2, 0.25) is 5.91 Å². The number of hydroxylamine groups is 2. The maximum absolute atomic E-state index is 12.0. The highest BCUT2D eigenvalue weighted by Crippen LogP contribution is 2.11. The number of ether oxygens (including phenoxy) is 1. The molecule has 1 heterocycles. The second kappa shape index (κ2) is 7.24. The van der Waals surface area contributed by atoms with E-state index in [0.29, 0.717) is 0 Å². The molecule has 1 aliphatic heterocycles. The minimum absolute atomic E-state index is 0.0257. The van der Waals surface area contributed by atoms with Crippen molar-refractivity contribution in [2.75, 3.05) is 19.6 Å². The first kappa shape index (κ1) is 17.9. The smallest absolute Gasteiger partial charge is 0.329 e. The number of esters is 1. The summed E-state index contributed by atoms with van der Waals surface area (Å²) >= 11 is 0. The zero-order valence-electron chi connectivity index (χ0n) is 13.4. The molecule has 0 aromatic carbocycles. The molecule has 0 bridgehead atoms. The normalized spacial score (nSPS) is 16.9. The number of nitrogens with zero attached hydrogens (tertiary/aromatic N) is 2. The molecule has 0 unspecified atom stereocenters. The molecule has 1 aliphatic rings. The average Bonchev–Trinajstić information content (AvgIpc) is 2.34. The average molecular weight is 314 g/mol. The molecule has 1 saturated heterocycles. The van der Waals surface area contributed by atoms with Gasteiger partial charge in [0.25, 0.3) is 5.91 Å². The van der Waals surface area contributed by atoms with Gasteiger partial charge in [-0.15, -0.1) is 0 Å². The van der Waals surface area contributed by atoms with Crippen LogP contribution in [0.4, 0.5) is 0 Å². The molecule has 0 aliphatic carbocycles. The van der Waals surface area contributed by atoms with Gasteiger partial charge in [-0.1, -0.05) is 0 Å². The highest BCUT2D eigenvalue weighted by Gasteiger charge is 2.28. The first-order valence-electron chi connectivity index (χ1n) is 7.07. The van der Waals surface area contributed by atoms with Crippen LogP contribution >= 0.6 is 0 Å². The Balaban J connectivity index is 2.62. The number of carbonyl (C=O) groups is 4. The van der Waals surface area contributed by atoms with Crippen LogP contribution in [0.2, 0.25) is 0 Å². The third-order valence-corrected chi connectivity index (χ3v) is 2.73. The fourth-order valence-corrected chi connectivity index (χ4v) is 1.91. The molecule has 0 radical (unpaired) electrons. The van der Waals surface area contributed by atoms with E-state index in [1.807, 2.05) is 0 Å². The van der Waals surface area contributed by atoms with E-state index in [1.165, 1.54) is 11.8 Å². The number of hydrogen-bond donors (Lipinski definition) is 0. The first-order valence-corrected chi connectivity index (χ1v) is 7.07. The van der Waals surface area contributed by atoms with E-state index in [2.05, 4.69) is 0 Å². The lowest BCUT2D eigenvalue weighted by Gasteiger charge is -2.29. The second-order valence-electron chi connectivity index (χ2n) is 5.98. The maximum atomic E-state index is 12.0. The van der Waals surface area contributed by atoms with E-state index in [4.69, 9.17) is 9.57 Å². The maximum Gasteiger partial charge on any atom is 0.329 e. The van der Waals surface area contributed by atoms with Gasteiger partial charge in [-0.2, -0.15) is 5.06 Å². The lowest BCUT2D eigenvalue weighted by atomic mass is 10.2. The Morgan fingerprint density at radius 3 is 2.23 bits per heavy atom. The predicted octanol–water partition coefficient (Wildman–Crippen LogP) is 0.257. The van der Waals surface area contributed by atoms with Crippen LogP contribution in [0, 0.1) is 0 Å². The van der Waals surface area contributed by atoms with Crippen LogP contribution in [0.5, 0.6) is 0 Å². The first-order chi connectivity index (χ1) is 10.1. The minimum Gasteiger partial charge on any atom is -0.459 e. The summed E-state index contributed by atoms with van der Waals surface area (Å²) in [5, 5.41) is 0.894. The Kier molecular flexibility index (Phi) is 5.90. The number of carbonyl (C=O) groups excluding carboxylic acids is 4. The van der Waals surface area contributed by atoms with Crippen LogP contribution in [0.1, 0.15) is 40.5 Å². The molecule has 22 heavy (non-hydrogen) atoms. The van der Waals surface area contributed by atoms with Gasteiger partial charge in [0.1, 0.15) is 12.1 Å². The zero-order valence-corrected chi connectivity index (χ0v) is 13.4. The summed E-state index contributed by atoms with van der Waals surface area (Å²) in [4.78, 5) is 52.6. The summed E-state index contributed by atoms with van der Waals surface area (Å²) in [6.45, 7) is 6.25. The van der Waals surface area contributed by atoms with Crippen molar-refractivity contribution in [3.63, 3.8) is 0 Å². The number of hydrogen-bond acceptors (Lipinski definition) is 6. The van der Waals surface area contributed by atoms with E-state index in [9.17, 15) is 19.2 Å². The zero-order chi connectivity index (χ0) is 16.9. The van der Waals surface area contributed by atoms with Crippen LogP contribution in [0.25, 0.3) is 0 Å². The molecule has 0 N–H and O–H groups in total. The summed E-state index contributed by atoms with van der Waals surface area (Å²) in [6.07, 6.45) is -0.0519. The third kappa shape index (κ3) is 6.11. The molecule has 1 fully saturated rings. The SMILES string of the molecule is CC(=O)ON1CCC(=O)N(CC(=O)OC(C)(C)C)CCC1=O. The molecular formula is C14H22N2O6. The monoisotopic (exact) mass is 314 g/mol. The minimum atomic E-state index is -0.634. The topological polar surface area (TPSA) is 93.2 Å². The molecule has 0 atom stereocenters. The third-order valence-electron chi connectivity index (χ3n) is 2.73. The van der Waals surface area contributed by atoms with Gasteiger partial charge in [0.15, 0.2) is 0 Å². The number of rotatable bonds is 3. The van der Waals surface area contributed by atoms with Crippen molar-refractivity contribution in [2.24, 2.45) is 0 Å². The van der Waals surface area contributed by atoms with Gasteiger partial charge >= 0.3 is 11.9 Å². The second-order valence-corrected chi connectivity index (χ2v) is 5.98. The van der Waals surface area contributed by atoms with E-state index >= 15 is 0 Å². The van der Waals surface area contributed by atoms with Crippen molar-refractivity contribution in [3.8, 4) is 0 Å². The van der Waals surface area contributed by atoms with Gasteiger partial charge in [-0.3, -0.25) is 19.2 Å². The van der Waals surface area contributed by atoms with Gasteiger partial charge in [0.05, 0.1) is 6.54 Å². The molecule has 1 rings (SSSR count). The fraction of sp³-hybridized carbons (Fsp3) is 0.714. The quantitative estimate of drug-likeness (QED) is 0.694. The Hall–Kier alpha value is -2.12. The highest BCUT2D eigenvalue weighted by atomic mass is 16.7. The summed E-state index contributed by atoms with van der Waals surface area (Å²) in [5.41, 5.74) is -0.634.